The number of hydrogen-bond acceptors (Lipinski definition) is 3. The van der Waals surface area contributed by atoms with E-state index >= 15 is 0 Å². The number of nitrogens with one attached hydrogen (secondary N) is 2. The van der Waals surface area contributed by atoms with Crippen LogP contribution in [0.5, 0.6) is 5.75 Å². The van der Waals surface area contributed by atoms with Crippen LogP contribution in [-0.2, 0) is 6.54 Å². The SMILES string of the molecule is Oc1c(CNNc2ccccc2)cccc1C1CC1. The van der Waals surface area contributed by atoms with Crippen molar-refractivity contribution in [1.82, 2.24) is 5.43 Å². The number of para-hydroxylation sites is 2. The lowest BCUT2D eigenvalue weighted by atomic mass is 10.1. The molecule has 98 valence electrons. The van der Waals surface area contributed by atoms with Crippen molar-refractivity contribution in [3.63, 3.8) is 0 Å². The maximum absolute atomic E-state index is 10.2. The smallest absolute Gasteiger partial charge is 0.123 e. The predicted octanol–water partition coefficient (Wildman–Crippen LogP) is 3.39. The first-order valence-electron chi connectivity index (χ1n) is 6.69. The molecule has 0 radical (unpaired) electrons. The first-order chi connectivity index (χ1) is 9.34. The van der Waals surface area contributed by atoms with E-state index in [4.69, 9.17) is 0 Å². The number of hydrazine groups is 1. The number of anilines is 1. The summed E-state index contributed by atoms with van der Waals surface area (Å²) in [7, 11) is 0. The average Bonchev–Trinajstić information content (AvgIpc) is 3.26. The van der Waals surface area contributed by atoms with Gasteiger partial charge in [0.05, 0.1) is 0 Å². The lowest BCUT2D eigenvalue weighted by Crippen LogP contribution is -2.20. The van der Waals surface area contributed by atoms with E-state index in [-0.39, 0.29) is 0 Å². The first-order valence-corrected chi connectivity index (χ1v) is 6.69. The number of hydrogen-bond donors (Lipinski definition) is 3. The van der Waals surface area contributed by atoms with Crippen LogP contribution in [0.1, 0.15) is 29.9 Å². The van der Waals surface area contributed by atoms with Crippen molar-refractivity contribution in [1.29, 1.82) is 0 Å². The number of phenols is 1. The Bertz CT molecular complexity index is 550. The van der Waals surface area contributed by atoms with E-state index in [0.717, 1.165) is 16.8 Å². The Kier molecular flexibility index (Phi) is 3.38. The van der Waals surface area contributed by atoms with Gasteiger partial charge in [0.15, 0.2) is 0 Å². The summed E-state index contributed by atoms with van der Waals surface area (Å²) in [5.74, 6) is 1.02. The fourth-order valence-corrected chi connectivity index (χ4v) is 2.24. The highest BCUT2D eigenvalue weighted by Crippen LogP contribution is 2.44. The molecule has 1 saturated carbocycles. The third-order valence-electron chi connectivity index (χ3n) is 3.45. The molecule has 0 bridgehead atoms. The highest BCUT2D eigenvalue weighted by atomic mass is 16.3. The molecule has 0 heterocycles. The summed E-state index contributed by atoms with van der Waals surface area (Å²) in [6.07, 6.45) is 2.40. The molecule has 19 heavy (non-hydrogen) atoms. The predicted molar refractivity (Wildman–Crippen MR) is 77.0 cm³/mol. The van der Waals surface area contributed by atoms with Gasteiger partial charge in [0.25, 0.3) is 0 Å². The van der Waals surface area contributed by atoms with Crippen LogP contribution in [0.4, 0.5) is 5.69 Å². The van der Waals surface area contributed by atoms with Crippen LogP contribution < -0.4 is 10.9 Å². The summed E-state index contributed by atoms with van der Waals surface area (Å²) in [6.45, 7) is 0.598. The minimum Gasteiger partial charge on any atom is -0.507 e. The molecule has 0 amide bonds. The number of benzene rings is 2. The van der Waals surface area contributed by atoms with Gasteiger partial charge in [-0.3, -0.25) is 0 Å². The van der Waals surface area contributed by atoms with Crippen LogP contribution in [0, 0.1) is 0 Å². The number of rotatable bonds is 5. The summed E-state index contributed by atoms with van der Waals surface area (Å²) < 4.78 is 0. The number of phenolic OH excluding ortho intramolecular Hbond substituents is 1. The minimum absolute atomic E-state index is 0.451. The fraction of sp³-hybridized carbons (Fsp3) is 0.250. The van der Waals surface area contributed by atoms with Gasteiger partial charge in [-0.25, -0.2) is 5.43 Å². The van der Waals surface area contributed by atoms with Crippen LogP contribution in [0.25, 0.3) is 0 Å². The van der Waals surface area contributed by atoms with Gasteiger partial charge in [-0.05, 0) is 36.5 Å². The number of aromatic hydroxyl groups is 1. The molecule has 3 heteroatoms. The van der Waals surface area contributed by atoms with Crippen molar-refractivity contribution in [2.75, 3.05) is 5.43 Å². The molecule has 0 unspecified atom stereocenters. The van der Waals surface area contributed by atoms with E-state index < -0.39 is 0 Å². The topological polar surface area (TPSA) is 44.3 Å². The Labute approximate surface area is 113 Å². The molecule has 2 aromatic rings. The molecule has 1 aliphatic carbocycles. The third-order valence-corrected chi connectivity index (χ3v) is 3.45. The summed E-state index contributed by atoms with van der Waals surface area (Å²) in [4.78, 5) is 0. The van der Waals surface area contributed by atoms with E-state index in [1.165, 1.54) is 12.8 Å². The molecule has 2 aromatic carbocycles. The van der Waals surface area contributed by atoms with Gasteiger partial charge in [0.2, 0.25) is 0 Å². The molecule has 1 fully saturated rings. The lowest BCUT2D eigenvalue weighted by Gasteiger charge is -2.11. The van der Waals surface area contributed by atoms with Crippen molar-refractivity contribution in [3.8, 4) is 5.75 Å². The molecule has 0 spiro atoms. The third kappa shape index (κ3) is 2.88. The van der Waals surface area contributed by atoms with Crippen LogP contribution in [0.2, 0.25) is 0 Å². The fourth-order valence-electron chi connectivity index (χ4n) is 2.24. The second-order valence-corrected chi connectivity index (χ2v) is 4.97. The zero-order valence-electron chi connectivity index (χ0n) is 10.8. The van der Waals surface area contributed by atoms with E-state index in [2.05, 4.69) is 10.9 Å². The molecule has 0 saturated heterocycles. The summed E-state index contributed by atoms with van der Waals surface area (Å²) >= 11 is 0. The quantitative estimate of drug-likeness (QED) is 0.717. The van der Waals surface area contributed by atoms with Gasteiger partial charge in [-0.2, -0.15) is 0 Å². The summed E-state index contributed by atoms with van der Waals surface area (Å²) in [5, 5.41) is 10.2. The van der Waals surface area contributed by atoms with Crippen molar-refractivity contribution in [3.05, 3.63) is 59.7 Å². The Morgan fingerprint density at radius 2 is 1.79 bits per heavy atom. The monoisotopic (exact) mass is 254 g/mol. The molecule has 3 rings (SSSR count). The Morgan fingerprint density at radius 3 is 2.53 bits per heavy atom. The largest absolute Gasteiger partial charge is 0.507 e. The lowest BCUT2D eigenvalue weighted by molar-refractivity contribution is 0.459. The van der Waals surface area contributed by atoms with Crippen LogP contribution in [-0.4, -0.2) is 5.11 Å². The standard InChI is InChI=1S/C16H18N2O/c19-16-13(5-4-8-15(16)12-9-10-12)11-17-18-14-6-2-1-3-7-14/h1-8,12,17-19H,9-11H2. The highest BCUT2D eigenvalue weighted by molar-refractivity contribution is 5.45. The van der Waals surface area contributed by atoms with E-state index in [9.17, 15) is 5.11 Å². The van der Waals surface area contributed by atoms with Gasteiger partial charge in [0.1, 0.15) is 5.75 Å². The van der Waals surface area contributed by atoms with Crippen LogP contribution >= 0.6 is 0 Å². The van der Waals surface area contributed by atoms with Gasteiger partial charge < -0.3 is 10.5 Å². The molecule has 0 atom stereocenters. The minimum atomic E-state index is 0.451. The van der Waals surface area contributed by atoms with Gasteiger partial charge in [-0.1, -0.05) is 36.4 Å². The Morgan fingerprint density at radius 1 is 1.00 bits per heavy atom. The molecule has 3 N–H and O–H groups in total. The van der Waals surface area contributed by atoms with Crippen molar-refractivity contribution < 1.29 is 5.11 Å². The second-order valence-electron chi connectivity index (χ2n) is 4.97. The zero-order chi connectivity index (χ0) is 13.1. The Hall–Kier alpha value is -2.00. The van der Waals surface area contributed by atoms with Crippen LogP contribution in [0.3, 0.4) is 0 Å². The van der Waals surface area contributed by atoms with Gasteiger partial charge in [-0.15, -0.1) is 0 Å². The highest BCUT2D eigenvalue weighted by Gasteiger charge is 2.26. The zero-order valence-corrected chi connectivity index (χ0v) is 10.8. The maximum atomic E-state index is 10.2. The Balaban J connectivity index is 1.62. The molecule has 1 aliphatic rings. The van der Waals surface area contributed by atoms with Crippen molar-refractivity contribution >= 4 is 5.69 Å². The molecule has 3 nitrogen and oxygen atoms in total. The van der Waals surface area contributed by atoms with E-state index in [1.54, 1.807) is 0 Å². The average molecular weight is 254 g/mol. The normalized spacial score (nSPS) is 14.3. The summed E-state index contributed by atoms with van der Waals surface area (Å²) in [5.41, 5.74) is 9.31. The maximum Gasteiger partial charge on any atom is 0.123 e. The molecular formula is C16H18N2O. The second kappa shape index (κ2) is 5.33. The molecule has 0 aliphatic heterocycles. The summed E-state index contributed by atoms with van der Waals surface area (Å²) in [6, 6.07) is 15.9. The van der Waals surface area contributed by atoms with Crippen molar-refractivity contribution in [2.24, 2.45) is 0 Å². The molecule has 0 aromatic heterocycles. The van der Waals surface area contributed by atoms with E-state index in [1.807, 2.05) is 48.5 Å². The van der Waals surface area contributed by atoms with E-state index in [0.29, 0.717) is 18.2 Å². The van der Waals surface area contributed by atoms with Gasteiger partial charge in [0, 0.05) is 17.8 Å². The van der Waals surface area contributed by atoms with Crippen molar-refractivity contribution in [2.45, 2.75) is 25.3 Å². The van der Waals surface area contributed by atoms with Gasteiger partial charge >= 0.3 is 0 Å². The van der Waals surface area contributed by atoms with Crippen LogP contribution in [0.15, 0.2) is 48.5 Å². The first kappa shape index (κ1) is 12.1. The molecular weight excluding hydrogens is 236 g/mol.